The zero-order valence-electron chi connectivity index (χ0n) is 9.83. The summed E-state index contributed by atoms with van der Waals surface area (Å²) in [5.74, 6) is 0.802. The Kier molecular flexibility index (Phi) is 3.54. The summed E-state index contributed by atoms with van der Waals surface area (Å²) in [5, 5.41) is 5.88. The van der Waals surface area contributed by atoms with Gasteiger partial charge in [0.05, 0.1) is 12.7 Å². The van der Waals surface area contributed by atoms with Crippen LogP contribution >= 0.6 is 11.3 Å². The third-order valence-electron chi connectivity index (χ3n) is 2.77. The van der Waals surface area contributed by atoms with Crippen LogP contribution in [-0.4, -0.2) is 24.7 Å². The SMILES string of the molecule is c1cc(Oc2nccs2)cc(C2CNCCO2)c1. The molecule has 0 radical (unpaired) electrons. The first-order valence-corrected chi connectivity index (χ1v) is 6.79. The van der Waals surface area contributed by atoms with Gasteiger partial charge in [-0.05, 0) is 17.7 Å². The molecule has 1 unspecified atom stereocenters. The van der Waals surface area contributed by atoms with E-state index in [4.69, 9.17) is 9.47 Å². The summed E-state index contributed by atoms with van der Waals surface area (Å²) in [6, 6.07) is 7.99. The lowest BCUT2D eigenvalue weighted by molar-refractivity contribution is 0.0276. The maximum absolute atomic E-state index is 5.72. The molecule has 1 atom stereocenters. The summed E-state index contributed by atoms with van der Waals surface area (Å²) in [4.78, 5) is 4.11. The van der Waals surface area contributed by atoms with Crippen LogP contribution < -0.4 is 10.1 Å². The summed E-state index contributed by atoms with van der Waals surface area (Å²) in [5.41, 5.74) is 1.14. The van der Waals surface area contributed by atoms with Crippen LogP contribution in [0.15, 0.2) is 35.8 Å². The number of morpholine rings is 1. The van der Waals surface area contributed by atoms with Gasteiger partial charge in [-0.25, -0.2) is 4.98 Å². The first-order chi connectivity index (χ1) is 8.92. The number of benzene rings is 1. The Bertz CT molecular complexity index is 495. The van der Waals surface area contributed by atoms with Crippen molar-refractivity contribution in [1.82, 2.24) is 10.3 Å². The van der Waals surface area contributed by atoms with Gasteiger partial charge in [0.2, 0.25) is 0 Å². The molecule has 3 rings (SSSR count). The molecule has 94 valence electrons. The lowest BCUT2D eigenvalue weighted by Crippen LogP contribution is -2.33. The number of hydrogen-bond acceptors (Lipinski definition) is 5. The van der Waals surface area contributed by atoms with Crippen molar-refractivity contribution >= 4 is 11.3 Å². The second-order valence-electron chi connectivity index (χ2n) is 4.04. The summed E-state index contributed by atoms with van der Waals surface area (Å²) in [6.45, 7) is 2.52. The normalized spacial score (nSPS) is 19.7. The molecular formula is C13H14N2O2S. The monoisotopic (exact) mass is 262 g/mol. The molecule has 0 bridgehead atoms. The van der Waals surface area contributed by atoms with E-state index >= 15 is 0 Å². The highest BCUT2D eigenvalue weighted by atomic mass is 32.1. The summed E-state index contributed by atoms with van der Waals surface area (Å²) < 4.78 is 11.4. The van der Waals surface area contributed by atoms with E-state index < -0.39 is 0 Å². The molecule has 0 amide bonds. The fourth-order valence-corrected chi connectivity index (χ4v) is 2.42. The van der Waals surface area contributed by atoms with Gasteiger partial charge in [0.15, 0.2) is 0 Å². The van der Waals surface area contributed by atoms with Crippen molar-refractivity contribution in [2.45, 2.75) is 6.10 Å². The molecule has 0 spiro atoms. The van der Waals surface area contributed by atoms with Crippen molar-refractivity contribution in [3.8, 4) is 10.9 Å². The van der Waals surface area contributed by atoms with Crippen LogP contribution in [0.4, 0.5) is 0 Å². The number of nitrogens with zero attached hydrogens (tertiary/aromatic N) is 1. The number of rotatable bonds is 3. The van der Waals surface area contributed by atoms with Gasteiger partial charge in [-0.15, -0.1) is 0 Å². The van der Waals surface area contributed by atoms with E-state index in [1.807, 2.05) is 23.6 Å². The first kappa shape index (κ1) is 11.6. The fourth-order valence-electron chi connectivity index (χ4n) is 1.92. The number of thiazole rings is 1. The predicted molar refractivity (Wildman–Crippen MR) is 70.2 cm³/mol. The third kappa shape index (κ3) is 2.69. The van der Waals surface area contributed by atoms with E-state index in [0.717, 1.165) is 31.0 Å². The van der Waals surface area contributed by atoms with Crippen molar-refractivity contribution in [3.05, 3.63) is 41.4 Å². The summed E-state index contributed by atoms with van der Waals surface area (Å²) in [6.07, 6.45) is 1.84. The molecule has 2 heterocycles. The van der Waals surface area contributed by atoms with Gasteiger partial charge in [-0.3, -0.25) is 0 Å². The molecule has 1 aromatic heterocycles. The van der Waals surface area contributed by atoms with E-state index in [9.17, 15) is 0 Å². The lowest BCUT2D eigenvalue weighted by Gasteiger charge is -2.24. The largest absolute Gasteiger partial charge is 0.431 e. The zero-order chi connectivity index (χ0) is 12.2. The molecule has 0 saturated carbocycles. The first-order valence-electron chi connectivity index (χ1n) is 5.91. The molecule has 2 aromatic rings. The molecule has 1 fully saturated rings. The molecule has 5 heteroatoms. The minimum atomic E-state index is 0.110. The molecule has 1 N–H and O–H groups in total. The number of hydrogen-bond donors (Lipinski definition) is 1. The van der Waals surface area contributed by atoms with E-state index in [-0.39, 0.29) is 6.10 Å². The highest BCUT2D eigenvalue weighted by Crippen LogP contribution is 2.27. The standard InChI is InChI=1S/C13H14N2O2S/c1-2-10(12-9-14-4-6-16-12)8-11(3-1)17-13-15-5-7-18-13/h1-3,5,7-8,12,14H,4,6,9H2. The lowest BCUT2D eigenvalue weighted by atomic mass is 10.1. The van der Waals surface area contributed by atoms with E-state index in [1.165, 1.54) is 11.3 Å². The molecule has 1 aliphatic heterocycles. The zero-order valence-corrected chi connectivity index (χ0v) is 10.7. The van der Waals surface area contributed by atoms with Gasteiger partial charge >= 0.3 is 0 Å². The van der Waals surface area contributed by atoms with E-state index in [1.54, 1.807) is 6.20 Å². The second-order valence-corrected chi connectivity index (χ2v) is 4.89. The topological polar surface area (TPSA) is 43.4 Å². The maximum Gasteiger partial charge on any atom is 0.278 e. The van der Waals surface area contributed by atoms with Gasteiger partial charge in [0.25, 0.3) is 5.19 Å². The molecule has 1 aromatic carbocycles. The Labute approximate surface area is 110 Å². The third-order valence-corrected chi connectivity index (χ3v) is 3.42. The summed E-state index contributed by atoms with van der Waals surface area (Å²) >= 11 is 1.48. The Morgan fingerprint density at radius 2 is 2.44 bits per heavy atom. The van der Waals surface area contributed by atoms with Crippen molar-refractivity contribution in [1.29, 1.82) is 0 Å². The summed E-state index contributed by atoms with van der Waals surface area (Å²) in [7, 11) is 0. The van der Waals surface area contributed by atoms with Crippen molar-refractivity contribution in [2.24, 2.45) is 0 Å². The van der Waals surface area contributed by atoms with Crippen molar-refractivity contribution in [2.75, 3.05) is 19.7 Å². The van der Waals surface area contributed by atoms with Gasteiger partial charge in [0, 0.05) is 24.7 Å². The molecule has 0 aliphatic carbocycles. The van der Waals surface area contributed by atoms with Crippen LogP contribution in [0.3, 0.4) is 0 Å². The average molecular weight is 262 g/mol. The smallest absolute Gasteiger partial charge is 0.278 e. The van der Waals surface area contributed by atoms with Gasteiger partial charge in [-0.1, -0.05) is 23.5 Å². The number of ether oxygens (including phenoxy) is 2. The van der Waals surface area contributed by atoms with Crippen molar-refractivity contribution in [3.63, 3.8) is 0 Å². The Balaban J connectivity index is 1.76. The van der Waals surface area contributed by atoms with Crippen LogP contribution in [0.2, 0.25) is 0 Å². The minimum Gasteiger partial charge on any atom is -0.431 e. The molecule has 1 aliphatic rings. The van der Waals surface area contributed by atoms with Crippen LogP contribution in [0, 0.1) is 0 Å². The Morgan fingerprint density at radius 3 is 3.22 bits per heavy atom. The predicted octanol–water partition coefficient (Wildman–Crippen LogP) is 2.60. The van der Waals surface area contributed by atoms with Crippen LogP contribution in [0.25, 0.3) is 0 Å². The molecular weight excluding hydrogens is 248 g/mol. The molecule has 18 heavy (non-hydrogen) atoms. The second kappa shape index (κ2) is 5.48. The maximum atomic E-state index is 5.72. The van der Waals surface area contributed by atoms with E-state index in [2.05, 4.69) is 16.4 Å². The van der Waals surface area contributed by atoms with Crippen LogP contribution in [0.1, 0.15) is 11.7 Å². The van der Waals surface area contributed by atoms with Gasteiger partial charge in [0.1, 0.15) is 5.75 Å². The van der Waals surface area contributed by atoms with E-state index in [0.29, 0.717) is 5.19 Å². The fraction of sp³-hybridized carbons (Fsp3) is 0.308. The molecule has 4 nitrogen and oxygen atoms in total. The van der Waals surface area contributed by atoms with Gasteiger partial charge < -0.3 is 14.8 Å². The average Bonchev–Trinajstić information content (AvgIpc) is 2.93. The number of aromatic nitrogens is 1. The van der Waals surface area contributed by atoms with Crippen LogP contribution in [-0.2, 0) is 4.74 Å². The van der Waals surface area contributed by atoms with Gasteiger partial charge in [-0.2, -0.15) is 0 Å². The molecule has 1 saturated heterocycles. The quantitative estimate of drug-likeness (QED) is 0.923. The Hall–Kier alpha value is -1.43. The van der Waals surface area contributed by atoms with Crippen LogP contribution in [0.5, 0.6) is 10.9 Å². The highest BCUT2D eigenvalue weighted by Gasteiger charge is 2.16. The Morgan fingerprint density at radius 1 is 1.44 bits per heavy atom. The number of nitrogens with one attached hydrogen (secondary N) is 1. The van der Waals surface area contributed by atoms with Crippen molar-refractivity contribution < 1.29 is 9.47 Å². The minimum absolute atomic E-state index is 0.110. The highest BCUT2D eigenvalue weighted by molar-refractivity contribution is 7.11.